The fourth-order valence-corrected chi connectivity index (χ4v) is 2.18. The van der Waals surface area contributed by atoms with Gasteiger partial charge in [0.25, 0.3) is 0 Å². The van der Waals surface area contributed by atoms with E-state index in [1.165, 1.54) is 12.1 Å². The van der Waals surface area contributed by atoms with E-state index in [9.17, 15) is 8.78 Å². The molecule has 0 amide bonds. The Morgan fingerprint density at radius 3 is 2.33 bits per heavy atom. The van der Waals surface area contributed by atoms with Crippen LogP contribution in [0.4, 0.5) is 14.6 Å². The summed E-state index contributed by atoms with van der Waals surface area (Å²) in [6, 6.07) is 3.18. The zero-order valence-electron chi connectivity index (χ0n) is 9.54. The van der Waals surface area contributed by atoms with Gasteiger partial charge in [0, 0.05) is 11.6 Å². The average molecular weight is 361 g/mol. The number of benzene rings is 1. The molecule has 0 atom stereocenters. The molecule has 0 unspecified atom stereocenters. The third-order valence-electron chi connectivity index (χ3n) is 2.40. The van der Waals surface area contributed by atoms with Crippen LogP contribution in [0.25, 0.3) is 11.4 Å². The van der Waals surface area contributed by atoms with Crippen molar-refractivity contribution in [2.24, 2.45) is 0 Å². The molecule has 1 aromatic heterocycles. The number of halogens is 3. The van der Waals surface area contributed by atoms with Crippen molar-refractivity contribution in [3.63, 3.8) is 0 Å². The van der Waals surface area contributed by atoms with Gasteiger partial charge >= 0.3 is 0 Å². The van der Waals surface area contributed by atoms with Crippen LogP contribution in [-0.2, 0) is 6.42 Å². The molecule has 2 N–H and O–H groups in total. The molecule has 2 rings (SSSR count). The van der Waals surface area contributed by atoms with E-state index in [0.717, 1.165) is 15.3 Å². The first-order valence-corrected chi connectivity index (χ1v) is 6.37. The third kappa shape index (κ3) is 2.58. The van der Waals surface area contributed by atoms with Crippen molar-refractivity contribution in [3.05, 3.63) is 39.1 Å². The van der Waals surface area contributed by atoms with E-state index >= 15 is 0 Å². The van der Waals surface area contributed by atoms with Crippen molar-refractivity contribution in [2.45, 2.75) is 13.3 Å². The lowest BCUT2D eigenvalue weighted by Crippen LogP contribution is -2.04. The number of aromatic nitrogens is 2. The Kier molecular flexibility index (Phi) is 3.74. The van der Waals surface area contributed by atoms with Gasteiger partial charge < -0.3 is 5.73 Å². The van der Waals surface area contributed by atoms with Gasteiger partial charge in [0.05, 0.1) is 9.26 Å². The molecule has 6 heteroatoms. The minimum atomic E-state index is -0.663. The molecule has 0 aliphatic rings. The van der Waals surface area contributed by atoms with E-state index < -0.39 is 11.6 Å². The highest BCUT2D eigenvalue weighted by Crippen LogP contribution is 2.23. The van der Waals surface area contributed by atoms with E-state index in [1.54, 1.807) is 0 Å². The predicted octanol–water partition coefficient (Wildman–Crippen LogP) is 3.17. The van der Waals surface area contributed by atoms with E-state index in [1.807, 2.05) is 6.92 Å². The fraction of sp³-hybridized carbons (Fsp3) is 0.167. The molecule has 1 aromatic carbocycles. The molecule has 18 heavy (non-hydrogen) atoms. The first-order chi connectivity index (χ1) is 8.51. The van der Waals surface area contributed by atoms with Crippen LogP contribution in [-0.4, -0.2) is 9.97 Å². The van der Waals surface area contributed by atoms with Gasteiger partial charge in [0.1, 0.15) is 17.5 Å². The maximum absolute atomic E-state index is 13.1. The van der Waals surface area contributed by atoms with Crippen LogP contribution in [0.1, 0.15) is 12.6 Å². The zero-order valence-corrected chi connectivity index (χ0v) is 11.7. The summed E-state index contributed by atoms with van der Waals surface area (Å²) in [5, 5.41) is 0. The van der Waals surface area contributed by atoms with Crippen LogP contribution >= 0.6 is 22.6 Å². The summed E-state index contributed by atoms with van der Waals surface area (Å²) >= 11 is 2.06. The SMILES string of the molecule is CCc1nc(-c2cc(F)cc(F)c2)nc(N)c1I. The smallest absolute Gasteiger partial charge is 0.162 e. The molecule has 0 fully saturated rings. The molecular formula is C12H10F2IN3. The highest BCUT2D eigenvalue weighted by Gasteiger charge is 2.11. The Hall–Kier alpha value is -1.31. The molecule has 0 spiro atoms. The number of anilines is 1. The van der Waals surface area contributed by atoms with Gasteiger partial charge in [-0.3, -0.25) is 0 Å². The lowest BCUT2D eigenvalue weighted by Gasteiger charge is -2.07. The number of nitrogens with zero attached hydrogens (tertiary/aromatic N) is 2. The Morgan fingerprint density at radius 1 is 1.17 bits per heavy atom. The van der Waals surface area contributed by atoms with E-state index in [-0.39, 0.29) is 11.4 Å². The highest BCUT2D eigenvalue weighted by atomic mass is 127. The highest BCUT2D eigenvalue weighted by molar-refractivity contribution is 14.1. The summed E-state index contributed by atoms with van der Waals surface area (Å²) in [5.41, 5.74) is 6.81. The molecule has 0 radical (unpaired) electrons. The van der Waals surface area contributed by atoms with Gasteiger partial charge in [0.15, 0.2) is 5.82 Å². The Bertz CT molecular complexity index is 582. The lowest BCUT2D eigenvalue weighted by molar-refractivity contribution is 0.584. The van der Waals surface area contributed by atoms with Gasteiger partial charge in [-0.15, -0.1) is 0 Å². The second kappa shape index (κ2) is 5.13. The molecule has 94 valence electrons. The molecule has 0 bridgehead atoms. The van der Waals surface area contributed by atoms with Crippen molar-refractivity contribution in [1.82, 2.24) is 9.97 Å². The van der Waals surface area contributed by atoms with E-state index in [0.29, 0.717) is 12.2 Å². The summed E-state index contributed by atoms with van der Waals surface area (Å²) in [7, 11) is 0. The predicted molar refractivity (Wildman–Crippen MR) is 73.9 cm³/mol. The molecule has 2 aromatic rings. The van der Waals surface area contributed by atoms with Crippen LogP contribution in [0.5, 0.6) is 0 Å². The normalized spacial score (nSPS) is 10.7. The molecule has 0 saturated heterocycles. The summed E-state index contributed by atoms with van der Waals surface area (Å²) in [4.78, 5) is 8.33. The first kappa shape index (κ1) is 13.1. The third-order valence-corrected chi connectivity index (χ3v) is 3.58. The van der Waals surface area contributed by atoms with Crippen molar-refractivity contribution in [1.29, 1.82) is 0 Å². The van der Waals surface area contributed by atoms with Gasteiger partial charge in [-0.25, -0.2) is 18.7 Å². The van der Waals surface area contributed by atoms with E-state index in [4.69, 9.17) is 5.73 Å². The van der Waals surface area contributed by atoms with Crippen LogP contribution in [0.3, 0.4) is 0 Å². The summed E-state index contributed by atoms with van der Waals surface area (Å²) < 4.78 is 27.1. The van der Waals surface area contributed by atoms with Crippen LogP contribution in [0, 0.1) is 15.2 Å². The summed E-state index contributed by atoms with van der Waals surface area (Å²) in [6.45, 7) is 1.93. The number of aryl methyl sites for hydroxylation is 1. The van der Waals surface area contributed by atoms with E-state index in [2.05, 4.69) is 32.6 Å². The topological polar surface area (TPSA) is 51.8 Å². The lowest BCUT2D eigenvalue weighted by atomic mass is 10.2. The zero-order chi connectivity index (χ0) is 13.3. The number of nitrogens with two attached hydrogens (primary N) is 1. The Morgan fingerprint density at radius 2 is 1.78 bits per heavy atom. The monoisotopic (exact) mass is 361 g/mol. The second-order valence-electron chi connectivity index (χ2n) is 3.70. The Balaban J connectivity index is 2.60. The maximum Gasteiger partial charge on any atom is 0.162 e. The number of nitrogen functional groups attached to an aromatic ring is 1. The molecule has 1 heterocycles. The van der Waals surface area contributed by atoms with Crippen LogP contribution in [0.15, 0.2) is 18.2 Å². The molecular weight excluding hydrogens is 351 g/mol. The molecule has 3 nitrogen and oxygen atoms in total. The number of hydrogen-bond acceptors (Lipinski definition) is 3. The van der Waals surface area contributed by atoms with Crippen molar-refractivity contribution < 1.29 is 8.78 Å². The van der Waals surface area contributed by atoms with Gasteiger partial charge in [-0.2, -0.15) is 0 Å². The number of hydrogen-bond donors (Lipinski definition) is 1. The fourth-order valence-electron chi connectivity index (χ4n) is 1.56. The van der Waals surface area contributed by atoms with Crippen LogP contribution in [0.2, 0.25) is 0 Å². The first-order valence-electron chi connectivity index (χ1n) is 5.29. The van der Waals surface area contributed by atoms with Crippen molar-refractivity contribution in [2.75, 3.05) is 5.73 Å². The van der Waals surface area contributed by atoms with Crippen molar-refractivity contribution in [3.8, 4) is 11.4 Å². The van der Waals surface area contributed by atoms with Gasteiger partial charge in [-0.05, 0) is 41.1 Å². The molecule has 0 aliphatic carbocycles. The van der Waals surface area contributed by atoms with Crippen LogP contribution < -0.4 is 5.73 Å². The van der Waals surface area contributed by atoms with Gasteiger partial charge in [-0.1, -0.05) is 6.92 Å². The Labute approximate surface area is 117 Å². The molecule has 0 saturated carbocycles. The minimum absolute atomic E-state index is 0.239. The van der Waals surface area contributed by atoms with Crippen molar-refractivity contribution >= 4 is 28.4 Å². The molecule has 0 aliphatic heterocycles. The standard InChI is InChI=1S/C12H10F2IN3/c1-2-9-10(15)11(16)18-12(17-9)6-3-7(13)5-8(14)4-6/h3-5H,2H2,1H3,(H2,16,17,18). The average Bonchev–Trinajstić information content (AvgIpc) is 2.31. The largest absolute Gasteiger partial charge is 0.383 e. The minimum Gasteiger partial charge on any atom is -0.383 e. The second-order valence-corrected chi connectivity index (χ2v) is 4.78. The number of rotatable bonds is 2. The quantitative estimate of drug-likeness (QED) is 0.837. The summed E-state index contributed by atoms with van der Waals surface area (Å²) in [6.07, 6.45) is 0.676. The maximum atomic E-state index is 13.1. The van der Waals surface area contributed by atoms with Gasteiger partial charge in [0.2, 0.25) is 0 Å². The summed E-state index contributed by atoms with van der Waals surface area (Å²) in [5.74, 6) is -0.766.